The van der Waals surface area contributed by atoms with E-state index >= 15 is 0 Å². The Labute approximate surface area is 203 Å². The number of aliphatic carboxylic acids is 1. The molecule has 0 unspecified atom stereocenters. The summed E-state index contributed by atoms with van der Waals surface area (Å²) in [4.78, 5) is 74.0. The van der Waals surface area contributed by atoms with Crippen LogP contribution in [0.5, 0.6) is 0 Å². The van der Waals surface area contributed by atoms with Crippen LogP contribution in [-0.4, -0.2) is 101 Å². The zero-order valence-corrected chi connectivity index (χ0v) is 20.4. The van der Waals surface area contributed by atoms with Gasteiger partial charge < -0.3 is 42.1 Å². The molecule has 0 radical (unpaired) electrons. The van der Waals surface area contributed by atoms with Gasteiger partial charge in [-0.1, -0.05) is 13.8 Å². The number of carboxylic acids is 1. The van der Waals surface area contributed by atoms with E-state index in [-0.39, 0.29) is 12.5 Å². The van der Waals surface area contributed by atoms with E-state index in [0.29, 0.717) is 12.8 Å². The number of amides is 5. The first-order chi connectivity index (χ1) is 16.3. The molecular weight excluding hydrogens is 464 g/mol. The van der Waals surface area contributed by atoms with Crippen LogP contribution in [0.4, 0.5) is 0 Å². The van der Waals surface area contributed by atoms with Gasteiger partial charge in [0.15, 0.2) is 0 Å². The third-order valence-electron chi connectivity index (χ3n) is 5.49. The lowest BCUT2D eigenvalue weighted by Gasteiger charge is -2.28. The van der Waals surface area contributed by atoms with E-state index < -0.39 is 78.9 Å². The summed E-state index contributed by atoms with van der Waals surface area (Å²) in [6.07, 6.45) is -0.190. The second kappa shape index (κ2) is 13.6. The molecule has 8 N–H and O–H groups in total. The Hall–Kier alpha value is -3.26. The highest BCUT2D eigenvalue weighted by Crippen LogP contribution is 2.18. The number of nitrogens with zero attached hydrogens (tertiary/aromatic N) is 1. The van der Waals surface area contributed by atoms with Crippen molar-refractivity contribution < 1.29 is 39.0 Å². The number of nitrogens with one attached hydrogen (secondary N) is 4. The third kappa shape index (κ3) is 9.13. The first-order valence-corrected chi connectivity index (χ1v) is 11.4. The smallest absolute Gasteiger partial charge is 0.322 e. The van der Waals surface area contributed by atoms with Gasteiger partial charge in [-0.25, -0.2) is 0 Å². The fraction of sp³-hybridized carbons (Fsp3) is 0.714. The summed E-state index contributed by atoms with van der Waals surface area (Å²) in [5.74, 6) is -4.69. The molecule has 35 heavy (non-hydrogen) atoms. The molecule has 1 aliphatic rings. The SMILES string of the molecule is CC(C)[C@H](NC(=O)CNC(=O)[C@@H](N)[C@@H](C)O)C(=O)N[C@@H](C)C(=O)N1CCC[C@H]1C(=O)NCC(=O)O. The van der Waals surface area contributed by atoms with Crippen LogP contribution in [0.25, 0.3) is 0 Å². The van der Waals surface area contributed by atoms with E-state index in [4.69, 9.17) is 10.8 Å². The van der Waals surface area contributed by atoms with Crippen molar-refractivity contribution in [1.82, 2.24) is 26.2 Å². The topological polar surface area (TPSA) is 220 Å². The van der Waals surface area contributed by atoms with Gasteiger partial charge >= 0.3 is 5.97 Å². The van der Waals surface area contributed by atoms with E-state index in [1.807, 2.05) is 0 Å². The summed E-state index contributed by atoms with van der Waals surface area (Å²) in [7, 11) is 0. The van der Waals surface area contributed by atoms with Gasteiger partial charge in [-0.05, 0) is 32.6 Å². The molecule has 14 nitrogen and oxygen atoms in total. The Kier molecular flexibility index (Phi) is 11.6. The average Bonchev–Trinajstić information content (AvgIpc) is 3.27. The van der Waals surface area contributed by atoms with Crippen LogP contribution in [0.15, 0.2) is 0 Å². The van der Waals surface area contributed by atoms with Gasteiger partial charge in [-0.2, -0.15) is 0 Å². The number of carbonyl (C=O) groups is 6. The lowest BCUT2D eigenvalue weighted by Crippen LogP contribution is -2.57. The molecule has 0 saturated carbocycles. The first kappa shape index (κ1) is 29.8. The standard InChI is InChI=1S/C21H36N6O8/c1-10(2)17(26-14(29)8-23-19(33)16(22)12(4)28)20(34)25-11(3)21(35)27-7-5-6-13(27)18(32)24-9-15(30)31/h10-13,16-17,28H,5-9,22H2,1-4H3,(H,23,33)(H,24,32)(H,25,34)(H,26,29)(H,30,31)/t11-,12+,13-,16-,17-/m0/s1. The summed E-state index contributed by atoms with van der Waals surface area (Å²) in [5, 5.41) is 27.6. The van der Waals surface area contributed by atoms with E-state index in [1.54, 1.807) is 13.8 Å². The van der Waals surface area contributed by atoms with Crippen molar-refractivity contribution in [3.8, 4) is 0 Å². The zero-order valence-electron chi connectivity index (χ0n) is 20.4. The molecule has 0 spiro atoms. The predicted molar refractivity (Wildman–Crippen MR) is 122 cm³/mol. The molecule has 14 heteroatoms. The van der Waals surface area contributed by atoms with Crippen LogP contribution >= 0.6 is 0 Å². The monoisotopic (exact) mass is 500 g/mol. The Balaban J connectivity index is 2.70. The summed E-state index contributed by atoms with van der Waals surface area (Å²) >= 11 is 0. The number of hydrogen-bond donors (Lipinski definition) is 7. The molecule has 0 aliphatic carbocycles. The van der Waals surface area contributed by atoms with E-state index in [2.05, 4.69) is 21.3 Å². The first-order valence-electron chi connectivity index (χ1n) is 11.4. The largest absolute Gasteiger partial charge is 0.480 e. The van der Waals surface area contributed by atoms with Crippen molar-refractivity contribution in [2.75, 3.05) is 19.6 Å². The van der Waals surface area contributed by atoms with Crippen LogP contribution in [-0.2, 0) is 28.8 Å². The molecule has 1 heterocycles. The third-order valence-corrected chi connectivity index (χ3v) is 5.49. The second-order valence-corrected chi connectivity index (χ2v) is 8.80. The van der Waals surface area contributed by atoms with Crippen LogP contribution < -0.4 is 27.0 Å². The number of rotatable bonds is 12. The molecule has 1 rings (SSSR count). The Morgan fingerprint density at radius 3 is 2.14 bits per heavy atom. The number of aliphatic hydroxyl groups excluding tert-OH is 1. The predicted octanol–water partition coefficient (Wildman–Crippen LogP) is -3.35. The lowest BCUT2D eigenvalue weighted by atomic mass is 10.0. The lowest BCUT2D eigenvalue weighted by molar-refractivity contribution is -0.142. The minimum Gasteiger partial charge on any atom is -0.480 e. The van der Waals surface area contributed by atoms with Gasteiger partial charge in [-0.15, -0.1) is 0 Å². The van der Waals surface area contributed by atoms with Gasteiger partial charge in [0, 0.05) is 6.54 Å². The maximum absolute atomic E-state index is 12.9. The molecule has 198 valence electrons. The van der Waals surface area contributed by atoms with E-state index in [9.17, 15) is 33.9 Å². The highest BCUT2D eigenvalue weighted by atomic mass is 16.4. The Morgan fingerprint density at radius 2 is 1.60 bits per heavy atom. The van der Waals surface area contributed by atoms with Crippen LogP contribution in [0.3, 0.4) is 0 Å². The highest BCUT2D eigenvalue weighted by Gasteiger charge is 2.37. The second-order valence-electron chi connectivity index (χ2n) is 8.80. The fourth-order valence-corrected chi connectivity index (χ4v) is 3.46. The fourth-order valence-electron chi connectivity index (χ4n) is 3.46. The summed E-state index contributed by atoms with van der Waals surface area (Å²) in [6.45, 7) is 5.39. The van der Waals surface area contributed by atoms with Crippen LogP contribution in [0.2, 0.25) is 0 Å². The molecule has 0 aromatic carbocycles. The van der Waals surface area contributed by atoms with Crippen molar-refractivity contribution in [3.05, 3.63) is 0 Å². The number of carboxylic acid groups (broad SMARTS) is 1. The van der Waals surface area contributed by atoms with Gasteiger partial charge in [-0.3, -0.25) is 28.8 Å². The van der Waals surface area contributed by atoms with Crippen LogP contribution in [0.1, 0.15) is 40.5 Å². The van der Waals surface area contributed by atoms with Crippen molar-refractivity contribution in [2.45, 2.75) is 70.8 Å². The average molecular weight is 501 g/mol. The van der Waals surface area contributed by atoms with Crippen molar-refractivity contribution in [1.29, 1.82) is 0 Å². The normalized spacial score (nSPS) is 18.7. The van der Waals surface area contributed by atoms with Gasteiger partial charge in [0.2, 0.25) is 29.5 Å². The zero-order chi connectivity index (χ0) is 26.9. The number of hydrogen-bond acceptors (Lipinski definition) is 8. The molecular formula is C21H36N6O8. The molecule has 1 saturated heterocycles. The molecule has 5 atom stereocenters. The summed E-state index contributed by atoms with van der Waals surface area (Å²) in [6, 6.07) is -4.08. The molecule has 0 aromatic rings. The van der Waals surface area contributed by atoms with Crippen molar-refractivity contribution in [2.24, 2.45) is 11.7 Å². The van der Waals surface area contributed by atoms with Gasteiger partial charge in [0.25, 0.3) is 0 Å². The van der Waals surface area contributed by atoms with E-state index in [0.717, 1.165) is 0 Å². The number of likely N-dealkylation sites (tertiary alicyclic amines) is 1. The number of carbonyl (C=O) groups excluding carboxylic acids is 5. The summed E-state index contributed by atoms with van der Waals surface area (Å²) in [5.41, 5.74) is 5.49. The molecule has 1 aliphatic heterocycles. The molecule has 1 fully saturated rings. The molecule has 0 aromatic heterocycles. The number of aliphatic hydroxyl groups is 1. The maximum Gasteiger partial charge on any atom is 0.322 e. The minimum absolute atomic E-state index is 0.281. The summed E-state index contributed by atoms with van der Waals surface area (Å²) < 4.78 is 0. The molecule has 0 bridgehead atoms. The highest BCUT2D eigenvalue weighted by molar-refractivity contribution is 5.95. The van der Waals surface area contributed by atoms with Crippen molar-refractivity contribution >= 4 is 35.5 Å². The van der Waals surface area contributed by atoms with Crippen molar-refractivity contribution in [3.63, 3.8) is 0 Å². The minimum atomic E-state index is -1.21. The van der Waals surface area contributed by atoms with Gasteiger partial charge in [0.1, 0.15) is 30.7 Å². The Morgan fingerprint density at radius 1 is 0.971 bits per heavy atom. The van der Waals surface area contributed by atoms with E-state index in [1.165, 1.54) is 18.7 Å². The van der Waals surface area contributed by atoms with Gasteiger partial charge in [0.05, 0.1) is 12.6 Å². The van der Waals surface area contributed by atoms with Crippen LogP contribution in [0, 0.1) is 5.92 Å². The quantitative estimate of drug-likeness (QED) is 0.142. The Bertz CT molecular complexity index is 818. The number of nitrogens with two attached hydrogens (primary N) is 1. The molecule has 5 amide bonds. The maximum atomic E-state index is 12.9.